The summed E-state index contributed by atoms with van der Waals surface area (Å²) in [7, 11) is 0. The molecule has 1 aliphatic heterocycles. The van der Waals surface area contributed by atoms with Gasteiger partial charge in [-0.2, -0.15) is 5.10 Å². The van der Waals surface area contributed by atoms with Crippen molar-refractivity contribution in [3.05, 3.63) is 41.2 Å². The molecule has 17 heavy (non-hydrogen) atoms. The molecule has 0 unspecified atom stereocenters. The molecule has 0 saturated heterocycles. The lowest BCUT2D eigenvalue weighted by molar-refractivity contribution is 0.110. The van der Waals surface area contributed by atoms with Gasteiger partial charge in [0.15, 0.2) is 6.29 Å². The molecular formula is C12H10N2O3. The second-order valence-corrected chi connectivity index (χ2v) is 3.85. The lowest BCUT2D eigenvalue weighted by atomic mass is 10.2. The van der Waals surface area contributed by atoms with E-state index < -0.39 is 0 Å². The van der Waals surface area contributed by atoms with E-state index in [1.54, 1.807) is 28.9 Å². The van der Waals surface area contributed by atoms with Gasteiger partial charge in [-0.05, 0) is 12.1 Å². The lowest BCUT2D eigenvalue weighted by Crippen LogP contribution is -2.03. The van der Waals surface area contributed by atoms with Crippen molar-refractivity contribution in [3.8, 4) is 11.4 Å². The van der Waals surface area contributed by atoms with Crippen LogP contribution in [0.1, 0.15) is 21.7 Å². The molecule has 0 aliphatic carbocycles. The molecule has 5 heteroatoms. The highest BCUT2D eigenvalue weighted by Gasteiger charge is 2.23. The highest BCUT2D eigenvalue weighted by atomic mass is 16.5. The van der Waals surface area contributed by atoms with E-state index in [9.17, 15) is 9.90 Å². The van der Waals surface area contributed by atoms with Gasteiger partial charge in [-0.25, -0.2) is 4.68 Å². The quantitative estimate of drug-likeness (QED) is 0.792. The Hall–Kier alpha value is -2.14. The monoisotopic (exact) mass is 230 g/mol. The molecule has 1 N–H and O–H groups in total. The van der Waals surface area contributed by atoms with E-state index in [1.165, 1.54) is 0 Å². The summed E-state index contributed by atoms with van der Waals surface area (Å²) in [6.07, 6.45) is 0.768. The Morgan fingerprint density at radius 1 is 1.41 bits per heavy atom. The van der Waals surface area contributed by atoms with Crippen LogP contribution in [0.3, 0.4) is 0 Å². The Kier molecular flexibility index (Phi) is 2.19. The van der Waals surface area contributed by atoms with Gasteiger partial charge in [0.05, 0.1) is 24.6 Å². The summed E-state index contributed by atoms with van der Waals surface area (Å²) in [5.41, 5.74) is 2.78. The zero-order valence-corrected chi connectivity index (χ0v) is 8.96. The van der Waals surface area contributed by atoms with Gasteiger partial charge in [-0.15, -0.1) is 0 Å². The van der Waals surface area contributed by atoms with Crippen molar-refractivity contribution in [2.75, 3.05) is 0 Å². The molecule has 5 nitrogen and oxygen atoms in total. The molecule has 1 aromatic carbocycles. The molecule has 0 fully saturated rings. The van der Waals surface area contributed by atoms with Crippen LogP contribution in [0, 0.1) is 0 Å². The number of carbonyl (C=O) groups is 1. The lowest BCUT2D eigenvalue weighted by Gasteiger charge is -2.05. The van der Waals surface area contributed by atoms with Gasteiger partial charge in [0.1, 0.15) is 11.4 Å². The third kappa shape index (κ3) is 1.52. The number of phenolic OH excluding ortho intramolecular Hbond substituents is 1. The number of hydrogen-bond donors (Lipinski definition) is 1. The van der Waals surface area contributed by atoms with Crippen LogP contribution in [0.15, 0.2) is 24.3 Å². The fourth-order valence-corrected chi connectivity index (χ4v) is 1.98. The van der Waals surface area contributed by atoms with Crippen molar-refractivity contribution in [2.24, 2.45) is 0 Å². The average Bonchev–Trinajstić information content (AvgIpc) is 2.88. The number of aldehydes is 1. The fourth-order valence-electron chi connectivity index (χ4n) is 1.98. The summed E-state index contributed by atoms with van der Waals surface area (Å²) < 4.78 is 6.77. The molecule has 0 atom stereocenters. The van der Waals surface area contributed by atoms with E-state index in [2.05, 4.69) is 5.10 Å². The highest BCUT2D eigenvalue weighted by Crippen LogP contribution is 2.25. The highest BCUT2D eigenvalue weighted by molar-refractivity contribution is 5.76. The number of carbonyl (C=O) groups excluding carboxylic acids is 1. The number of aromatic nitrogens is 2. The van der Waals surface area contributed by atoms with Gasteiger partial charge < -0.3 is 9.84 Å². The maximum atomic E-state index is 11.1. The van der Waals surface area contributed by atoms with Gasteiger partial charge in [-0.1, -0.05) is 6.07 Å². The summed E-state index contributed by atoms with van der Waals surface area (Å²) >= 11 is 0. The number of benzene rings is 1. The maximum Gasteiger partial charge on any atom is 0.168 e. The summed E-state index contributed by atoms with van der Waals surface area (Å²) in [6.45, 7) is 0.851. The van der Waals surface area contributed by atoms with E-state index in [0.29, 0.717) is 24.6 Å². The number of aromatic hydroxyl groups is 1. The minimum absolute atomic E-state index is 0.145. The largest absolute Gasteiger partial charge is 0.508 e. The average molecular weight is 230 g/mol. The molecule has 0 bridgehead atoms. The Morgan fingerprint density at radius 3 is 3.06 bits per heavy atom. The van der Waals surface area contributed by atoms with E-state index in [4.69, 9.17) is 4.74 Å². The first-order chi connectivity index (χ1) is 8.29. The third-order valence-corrected chi connectivity index (χ3v) is 2.78. The minimum atomic E-state index is 0.145. The molecule has 3 rings (SSSR count). The summed E-state index contributed by atoms with van der Waals surface area (Å²) in [4.78, 5) is 11.1. The first-order valence-corrected chi connectivity index (χ1v) is 5.22. The zero-order valence-electron chi connectivity index (χ0n) is 8.96. The predicted octanol–water partition coefficient (Wildman–Crippen LogP) is 1.42. The molecule has 0 amide bonds. The number of hydrogen-bond acceptors (Lipinski definition) is 4. The van der Waals surface area contributed by atoms with Crippen molar-refractivity contribution in [2.45, 2.75) is 13.2 Å². The normalized spacial score (nSPS) is 13.6. The molecule has 2 aromatic rings. The first-order valence-electron chi connectivity index (χ1n) is 5.22. The van der Waals surface area contributed by atoms with Crippen molar-refractivity contribution in [1.82, 2.24) is 9.78 Å². The van der Waals surface area contributed by atoms with Crippen molar-refractivity contribution in [1.29, 1.82) is 0 Å². The molecule has 1 aromatic heterocycles. The Labute approximate surface area is 97.3 Å². The first kappa shape index (κ1) is 10.0. The van der Waals surface area contributed by atoms with Crippen LogP contribution in [-0.4, -0.2) is 21.2 Å². The van der Waals surface area contributed by atoms with Crippen LogP contribution in [0.2, 0.25) is 0 Å². The molecule has 1 aliphatic rings. The smallest absolute Gasteiger partial charge is 0.168 e. The third-order valence-electron chi connectivity index (χ3n) is 2.78. The van der Waals surface area contributed by atoms with Crippen LogP contribution in [-0.2, 0) is 18.0 Å². The number of ether oxygens (including phenoxy) is 1. The standard InChI is InChI=1S/C12H10N2O3/c15-5-12-10-6-17-7-11(10)13-14(12)8-2-1-3-9(16)4-8/h1-5,16H,6-7H2. The van der Waals surface area contributed by atoms with Crippen LogP contribution in [0.25, 0.3) is 5.69 Å². The van der Waals surface area contributed by atoms with E-state index >= 15 is 0 Å². The SMILES string of the molecule is O=Cc1c2c(nn1-c1cccc(O)c1)COC2. The molecule has 86 valence electrons. The Bertz CT molecular complexity index is 589. The molecule has 0 spiro atoms. The van der Waals surface area contributed by atoms with Crippen LogP contribution < -0.4 is 0 Å². The van der Waals surface area contributed by atoms with Crippen LogP contribution in [0.4, 0.5) is 0 Å². The van der Waals surface area contributed by atoms with Crippen molar-refractivity contribution in [3.63, 3.8) is 0 Å². The Morgan fingerprint density at radius 2 is 2.29 bits per heavy atom. The van der Waals surface area contributed by atoms with Gasteiger partial charge in [-0.3, -0.25) is 4.79 Å². The second kappa shape index (κ2) is 3.71. The maximum absolute atomic E-state index is 11.1. The molecule has 0 radical (unpaired) electrons. The minimum Gasteiger partial charge on any atom is -0.508 e. The summed E-state index contributed by atoms with van der Waals surface area (Å²) in [6, 6.07) is 6.64. The topological polar surface area (TPSA) is 64.4 Å². The van der Waals surface area contributed by atoms with Gasteiger partial charge in [0.25, 0.3) is 0 Å². The summed E-state index contributed by atoms with van der Waals surface area (Å²) in [5.74, 6) is 0.145. The van der Waals surface area contributed by atoms with Crippen molar-refractivity contribution >= 4 is 6.29 Å². The van der Waals surface area contributed by atoms with E-state index in [0.717, 1.165) is 17.5 Å². The van der Waals surface area contributed by atoms with Gasteiger partial charge in [0.2, 0.25) is 0 Å². The van der Waals surface area contributed by atoms with Crippen LogP contribution in [0.5, 0.6) is 5.75 Å². The number of nitrogens with zero attached hydrogens (tertiary/aromatic N) is 2. The van der Waals surface area contributed by atoms with Gasteiger partial charge >= 0.3 is 0 Å². The van der Waals surface area contributed by atoms with E-state index in [1.807, 2.05) is 0 Å². The summed E-state index contributed by atoms with van der Waals surface area (Å²) in [5, 5.41) is 13.8. The second-order valence-electron chi connectivity index (χ2n) is 3.85. The van der Waals surface area contributed by atoms with Crippen molar-refractivity contribution < 1.29 is 14.6 Å². The number of fused-ring (bicyclic) bond motifs is 1. The molecular weight excluding hydrogens is 220 g/mol. The van der Waals surface area contributed by atoms with E-state index in [-0.39, 0.29) is 5.75 Å². The molecule has 0 saturated carbocycles. The number of rotatable bonds is 2. The number of phenols is 1. The Balaban J connectivity index is 2.18. The zero-order chi connectivity index (χ0) is 11.8. The fraction of sp³-hybridized carbons (Fsp3) is 0.167. The predicted molar refractivity (Wildman–Crippen MR) is 59.1 cm³/mol. The molecule has 2 heterocycles. The van der Waals surface area contributed by atoms with Gasteiger partial charge in [0, 0.05) is 11.6 Å². The van der Waals surface area contributed by atoms with Crippen LogP contribution >= 0.6 is 0 Å².